The van der Waals surface area contributed by atoms with Gasteiger partial charge in [-0.25, -0.2) is 4.68 Å². The third-order valence-electron chi connectivity index (χ3n) is 5.48. The fourth-order valence-corrected chi connectivity index (χ4v) is 3.88. The van der Waals surface area contributed by atoms with Crippen molar-refractivity contribution in [3.05, 3.63) is 126 Å². The van der Waals surface area contributed by atoms with Crippen molar-refractivity contribution in [3.8, 4) is 11.5 Å². The average molecular weight is 434 g/mol. The number of carbonyl (C=O) groups excluding carboxylic acids is 1. The molecule has 0 fully saturated rings. The maximum atomic E-state index is 13.4. The SMILES string of the molecule is Cc1nn(-c2ccccc2)c(-n2cccc2)c1C(=O)Nc1ccc(Cc2ccncc2)cc1. The van der Waals surface area contributed by atoms with E-state index in [1.165, 1.54) is 11.1 Å². The fraction of sp³-hybridized carbons (Fsp3) is 0.0741. The lowest BCUT2D eigenvalue weighted by molar-refractivity contribution is 0.102. The van der Waals surface area contributed by atoms with Gasteiger partial charge in [0.2, 0.25) is 0 Å². The molecule has 0 unspecified atom stereocenters. The summed E-state index contributed by atoms with van der Waals surface area (Å²) >= 11 is 0. The molecule has 33 heavy (non-hydrogen) atoms. The van der Waals surface area contributed by atoms with E-state index in [2.05, 4.69) is 10.3 Å². The zero-order valence-corrected chi connectivity index (χ0v) is 18.2. The number of aryl methyl sites for hydroxylation is 1. The number of hydrogen-bond donors (Lipinski definition) is 1. The predicted octanol–water partition coefficient (Wildman–Crippen LogP) is 5.21. The summed E-state index contributed by atoms with van der Waals surface area (Å²) in [4.78, 5) is 17.4. The number of nitrogens with one attached hydrogen (secondary N) is 1. The second-order valence-electron chi connectivity index (χ2n) is 7.80. The summed E-state index contributed by atoms with van der Waals surface area (Å²) in [5, 5.41) is 7.73. The van der Waals surface area contributed by atoms with Gasteiger partial charge >= 0.3 is 0 Å². The maximum absolute atomic E-state index is 13.4. The van der Waals surface area contributed by atoms with Crippen molar-refractivity contribution in [2.24, 2.45) is 0 Å². The van der Waals surface area contributed by atoms with Crippen molar-refractivity contribution >= 4 is 11.6 Å². The van der Waals surface area contributed by atoms with Gasteiger partial charge in [-0.2, -0.15) is 5.10 Å². The Hall–Kier alpha value is -4.45. The van der Waals surface area contributed by atoms with Gasteiger partial charge in [0.05, 0.1) is 11.4 Å². The molecule has 6 nitrogen and oxygen atoms in total. The summed E-state index contributed by atoms with van der Waals surface area (Å²) in [6.07, 6.45) is 8.24. The number of carbonyl (C=O) groups is 1. The minimum Gasteiger partial charge on any atom is -0.322 e. The van der Waals surface area contributed by atoms with Crippen molar-refractivity contribution in [1.29, 1.82) is 0 Å². The number of aromatic nitrogens is 4. The van der Waals surface area contributed by atoms with Crippen LogP contribution in [0.5, 0.6) is 0 Å². The van der Waals surface area contributed by atoms with Gasteiger partial charge in [0.25, 0.3) is 5.91 Å². The summed E-state index contributed by atoms with van der Waals surface area (Å²) in [5.41, 5.74) is 5.19. The first-order chi connectivity index (χ1) is 16.2. The Bertz CT molecular complexity index is 1360. The highest BCUT2D eigenvalue weighted by molar-refractivity contribution is 6.07. The maximum Gasteiger partial charge on any atom is 0.261 e. The minimum atomic E-state index is -0.194. The summed E-state index contributed by atoms with van der Waals surface area (Å²) in [5.74, 6) is 0.510. The van der Waals surface area contributed by atoms with Crippen LogP contribution in [0.25, 0.3) is 11.5 Å². The number of amides is 1. The van der Waals surface area contributed by atoms with Gasteiger partial charge in [-0.3, -0.25) is 9.78 Å². The van der Waals surface area contributed by atoms with Crippen molar-refractivity contribution in [2.45, 2.75) is 13.3 Å². The van der Waals surface area contributed by atoms with Crippen LogP contribution in [0.1, 0.15) is 27.2 Å². The first-order valence-electron chi connectivity index (χ1n) is 10.8. The first-order valence-corrected chi connectivity index (χ1v) is 10.8. The third-order valence-corrected chi connectivity index (χ3v) is 5.48. The number of rotatable bonds is 6. The minimum absolute atomic E-state index is 0.194. The van der Waals surface area contributed by atoms with E-state index in [0.717, 1.165) is 17.8 Å². The van der Waals surface area contributed by atoms with Crippen molar-refractivity contribution in [1.82, 2.24) is 19.3 Å². The highest BCUT2D eigenvalue weighted by atomic mass is 16.1. The van der Waals surface area contributed by atoms with E-state index in [1.54, 1.807) is 12.4 Å². The zero-order chi connectivity index (χ0) is 22.6. The number of benzene rings is 2. The molecule has 0 atom stereocenters. The summed E-state index contributed by atoms with van der Waals surface area (Å²) in [7, 11) is 0. The van der Waals surface area contributed by atoms with Gasteiger partial charge in [-0.15, -0.1) is 0 Å². The quantitative estimate of drug-likeness (QED) is 0.400. The number of nitrogens with zero attached hydrogens (tertiary/aromatic N) is 4. The van der Waals surface area contributed by atoms with Crippen LogP contribution in [-0.4, -0.2) is 25.2 Å². The Labute approximate surface area is 192 Å². The molecule has 5 aromatic rings. The number of hydrogen-bond acceptors (Lipinski definition) is 3. The molecule has 3 heterocycles. The van der Waals surface area contributed by atoms with E-state index in [0.29, 0.717) is 17.1 Å². The van der Waals surface area contributed by atoms with E-state index in [1.807, 2.05) is 107 Å². The molecular formula is C27H23N5O. The number of pyridine rings is 1. The second kappa shape index (κ2) is 8.96. The Balaban J connectivity index is 1.44. The van der Waals surface area contributed by atoms with Gasteiger partial charge in [0, 0.05) is 30.5 Å². The lowest BCUT2D eigenvalue weighted by Crippen LogP contribution is -2.16. The van der Waals surface area contributed by atoms with Crippen LogP contribution in [0, 0.1) is 6.92 Å². The molecule has 162 valence electrons. The molecule has 0 saturated carbocycles. The second-order valence-corrected chi connectivity index (χ2v) is 7.80. The molecule has 0 bridgehead atoms. The van der Waals surface area contributed by atoms with E-state index in [-0.39, 0.29) is 5.91 Å². The smallest absolute Gasteiger partial charge is 0.261 e. The first kappa shape index (κ1) is 20.5. The van der Waals surface area contributed by atoms with Crippen LogP contribution in [-0.2, 0) is 6.42 Å². The van der Waals surface area contributed by atoms with E-state index in [4.69, 9.17) is 5.10 Å². The van der Waals surface area contributed by atoms with E-state index < -0.39 is 0 Å². The van der Waals surface area contributed by atoms with E-state index in [9.17, 15) is 4.79 Å². The molecule has 0 saturated heterocycles. The summed E-state index contributed by atoms with van der Waals surface area (Å²) in [6, 6.07) is 25.6. The molecule has 1 N–H and O–H groups in total. The lowest BCUT2D eigenvalue weighted by atomic mass is 10.1. The van der Waals surface area contributed by atoms with Crippen molar-refractivity contribution in [2.75, 3.05) is 5.32 Å². The summed E-state index contributed by atoms with van der Waals surface area (Å²) in [6.45, 7) is 1.86. The molecule has 0 aliphatic rings. The van der Waals surface area contributed by atoms with Crippen LogP contribution < -0.4 is 5.32 Å². The topological polar surface area (TPSA) is 64.7 Å². The van der Waals surface area contributed by atoms with Crippen molar-refractivity contribution < 1.29 is 4.79 Å². The van der Waals surface area contributed by atoms with Crippen LogP contribution in [0.2, 0.25) is 0 Å². The average Bonchev–Trinajstić information content (AvgIpc) is 3.49. The monoisotopic (exact) mass is 433 g/mol. The number of anilines is 1. The molecular weight excluding hydrogens is 410 g/mol. The molecule has 6 heteroatoms. The highest BCUT2D eigenvalue weighted by Gasteiger charge is 2.23. The zero-order valence-electron chi connectivity index (χ0n) is 18.2. The lowest BCUT2D eigenvalue weighted by Gasteiger charge is -2.12. The standard InChI is InChI=1S/C27H23N5O/c1-20-25(27(31-17-5-6-18-31)32(30-20)24-7-3-2-4-8-24)26(33)29-23-11-9-21(10-12-23)19-22-13-15-28-16-14-22/h2-18H,19H2,1H3,(H,29,33). The normalized spacial score (nSPS) is 10.8. The molecule has 1 amide bonds. The van der Waals surface area contributed by atoms with Crippen molar-refractivity contribution in [3.63, 3.8) is 0 Å². The Morgan fingerprint density at radius 2 is 1.52 bits per heavy atom. The van der Waals surface area contributed by atoms with Crippen LogP contribution in [0.4, 0.5) is 5.69 Å². The largest absolute Gasteiger partial charge is 0.322 e. The molecule has 5 rings (SSSR count). The molecule has 0 aliphatic carbocycles. The van der Waals surface area contributed by atoms with Gasteiger partial charge < -0.3 is 9.88 Å². The molecule has 2 aromatic carbocycles. The Morgan fingerprint density at radius 3 is 2.21 bits per heavy atom. The summed E-state index contributed by atoms with van der Waals surface area (Å²) < 4.78 is 3.72. The van der Waals surface area contributed by atoms with Gasteiger partial charge in [-0.05, 0) is 73.0 Å². The highest BCUT2D eigenvalue weighted by Crippen LogP contribution is 2.24. The van der Waals surface area contributed by atoms with Gasteiger partial charge in [0.1, 0.15) is 5.56 Å². The predicted molar refractivity (Wildman–Crippen MR) is 129 cm³/mol. The van der Waals surface area contributed by atoms with E-state index >= 15 is 0 Å². The van der Waals surface area contributed by atoms with Gasteiger partial charge in [0.15, 0.2) is 5.82 Å². The Morgan fingerprint density at radius 1 is 0.848 bits per heavy atom. The molecule has 0 aliphatic heterocycles. The molecule has 0 radical (unpaired) electrons. The fourth-order valence-electron chi connectivity index (χ4n) is 3.88. The Kier molecular flexibility index (Phi) is 5.55. The molecule has 3 aromatic heterocycles. The third kappa shape index (κ3) is 4.32. The van der Waals surface area contributed by atoms with Gasteiger partial charge in [-0.1, -0.05) is 30.3 Å². The molecule has 0 spiro atoms. The van der Waals surface area contributed by atoms with Crippen LogP contribution in [0.15, 0.2) is 104 Å². The van der Waals surface area contributed by atoms with Crippen LogP contribution in [0.3, 0.4) is 0 Å². The number of para-hydroxylation sites is 1. The van der Waals surface area contributed by atoms with Crippen LogP contribution >= 0.6 is 0 Å².